The highest BCUT2D eigenvalue weighted by Crippen LogP contribution is 2.27. The fourth-order valence-electron chi connectivity index (χ4n) is 3.76. The van der Waals surface area contributed by atoms with Crippen LogP contribution in [0.2, 0.25) is 5.02 Å². The van der Waals surface area contributed by atoms with Gasteiger partial charge in [-0.3, -0.25) is 14.2 Å². The van der Waals surface area contributed by atoms with Crippen molar-refractivity contribution >= 4 is 40.0 Å². The molecule has 0 spiro atoms. The first kappa shape index (κ1) is 20.2. The molecule has 30 heavy (non-hydrogen) atoms. The molecule has 2 heterocycles. The molecule has 1 fully saturated rings. The summed E-state index contributed by atoms with van der Waals surface area (Å²) in [6.45, 7) is 1.46. The molecule has 156 valence electrons. The third kappa shape index (κ3) is 4.11. The van der Waals surface area contributed by atoms with Crippen LogP contribution in [0, 0.1) is 0 Å². The number of fused-ring (bicyclic) bond motifs is 1. The number of piperidine rings is 1. The van der Waals surface area contributed by atoms with Crippen LogP contribution < -0.4 is 20.5 Å². The van der Waals surface area contributed by atoms with E-state index in [9.17, 15) is 9.59 Å². The van der Waals surface area contributed by atoms with Crippen LogP contribution in [0.15, 0.2) is 47.3 Å². The molecular weight excluding hydrogens is 404 g/mol. The molecule has 3 aromatic rings. The first-order chi connectivity index (χ1) is 14.6. The number of ether oxygens (including phenoxy) is 1. The van der Waals surface area contributed by atoms with Crippen LogP contribution in [-0.4, -0.2) is 35.7 Å². The van der Waals surface area contributed by atoms with Gasteiger partial charge in [-0.25, -0.2) is 4.98 Å². The molecule has 1 amide bonds. The molecule has 1 aliphatic rings. The van der Waals surface area contributed by atoms with E-state index in [-0.39, 0.29) is 18.0 Å². The second kappa shape index (κ2) is 8.75. The summed E-state index contributed by atoms with van der Waals surface area (Å²) in [5.41, 5.74) is 1.50. The zero-order valence-electron chi connectivity index (χ0n) is 16.7. The summed E-state index contributed by atoms with van der Waals surface area (Å²) in [5.74, 6) is 0.550. The van der Waals surface area contributed by atoms with Crippen LogP contribution >= 0.6 is 11.6 Å². The highest BCUT2D eigenvalue weighted by molar-refractivity contribution is 6.31. The molecule has 0 atom stereocenters. The minimum absolute atomic E-state index is 0.141. The summed E-state index contributed by atoms with van der Waals surface area (Å²) < 4.78 is 6.77. The number of nitrogens with one attached hydrogen (secondary N) is 1. The first-order valence-electron chi connectivity index (χ1n) is 9.95. The number of rotatable bonds is 5. The lowest BCUT2D eigenvalue weighted by molar-refractivity contribution is -0.116. The maximum absolute atomic E-state index is 13.3. The zero-order chi connectivity index (χ0) is 21.1. The molecule has 0 saturated carbocycles. The standard InChI is InChI=1S/C22H23ClN4O3/c1-30-19-10-9-15(23)13-17(19)24-20(28)14-27-18-8-4-3-7-16(18)25-21(22(27)29)26-11-5-2-6-12-26/h3-4,7-10,13H,2,5-6,11-12,14H2,1H3,(H,24,28). The van der Waals surface area contributed by atoms with E-state index in [4.69, 9.17) is 16.3 Å². The predicted molar refractivity (Wildman–Crippen MR) is 119 cm³/mol. The summed E-state index contributed by atoms with van der Waals surface area (Å²) in [5, 5.41) is 3.28. The summed E-state index contributed by atoms with van der Waals surface area (Å²) in [4.78, 5) is 32.8. The van der Waals surface area contributed by atoms with Crippen LogP contribution in [-0.2, 0) is 11.3 Å². The van der Waals surface area contributed by atoms with Crippen LogP contribution in [0.4, 0.5) is 11.5 Å². The van der Waals surface area contributed by atoms with Crippen molar-refractivity contribution < 1.29 is 9.53 Å². The molecule has 0 aliphatic carbocycles. The number of amides is 1. The molecule has 0 bridgehead atoms. The average Bonchev–Trinajstić information content (AvgIpc) is 2.76. The summed E-state index contributed by atoms with van der Waals surface area (Å²) in [6.07, 6.45) is 3.22. The van der Waals surface area contributed by atoms with Gasteiger partial charge in [-0.2, -0.15) is 0 Å². The molecule has 2 aromatic carbocycles. The summed E-state index contributed by atoms with van der Waals surface area (Å²) in [7, 11) is 1.52. The molecular formula is C22H23ClN4O3. The lowest BCUT2D eigenvalue weighted by atomic mass is 10.1. The number of benzene rings is 2. The monoisotopic (exact) mass is 426 g/mol. The van der Waals surface area contributed by atoms with E-state index in [2.05, 4.69) is 10.3 Å². The van der Waals surface area contributed by atoms with Crippen LogP contribution in [0.3, 0.4) is 0 Å². The number of carbonyl (C=O) groups excluding carboxylic acids is 1. The number of nitrogens with zero attached hydrogens (tertiary/aromatic N) is 3. The zero-order valence-corrected chi connectivity index (χ0v) is 17.5. The Hall–Kier alpha value is -3.06. The summed E-state index contributed by atoms with van der Waals surface area (Å²) >= 11 is 6.05. The van der Waals surface area contributed by atoms with Crippen molar-refractivity contribution in [3.05, 3.63) is 57.8 Å². The number of methoxy groups -OCH3 is 1. The molecule has 7 nitrogen and oxygen atoms in total. The van der Waals surface area contributed by atoms with E-state index in [1.165, 1.54) is 11.7 Å². The second-order valence-corrected chi connectivity index (χ2v) is 7.69. The highest BCUT2D eigenvalue weighted by Gasteiger charge is 2.20. The highest BCUT2D eigenvalue weighted by atomic mass is 35.5. The molecule has 4 rings (SSSR count). The Morgan fingerprint density at radius 3 is 2.70 bits per heavy atom. The third-order valence-electron chi connectivity index (χ3n) is 5.23. The van der Waals surface area contributed by atoms with Gasteiger partial charge in [0.2, 0.25) is 5.91 Å². The molecule has 1 saturated heterocycles. The van der Waals surface area contributed by atoms with E-state index in [0.29, 0.717) is 33.3 Å². The van der Waals surface area contributed by atoms with Gasteiger partial charge in [0, 0.05) is 18.1 Å². The minimum Gasteiger partial charge on any atom is -0.495 e. The van der Waals surface area contributed by atoms with Gasteiger partial charge in [0.15, 0.2) is 5.82 Å². The van der Waals surface area contributed by atoms with E-state index in [1.54, 1.807) is 24.3 Å². The fraction of sp³-hybridized carbons (Fsp3) is 0.318. The Morgan fingerprint density at radius 2 is 1.93 bits per heavy atom. The van der Waals surface area contributed by atoms with Gasteiger partial charge in [-0.15, -0.1) is 0 Å². The lowest BCUT2D eigenvalue weighted by Gasteiger charge is -2.27. The van der Waals surface area contributed by atoms with Crippen molar-refractivity contribution in [2.45, 2.75) is 25.8 Å². The molecule has 1 N–H and O–H groups in total. The number of hydrogen-bond donors (Lipinski definition) is 1. The Bertz CT molecular complexity index is 1140. The van der Waals surface area contributed by atoms with Crippen molar-refractivity contribution in [1.29, 1.82) is 0 Å². The van der Waals surface area contributed by atoms with Crippen molar-refractivity contribution in [3.63, 3.8) is 0 Å². The maximum Gasteiger partial charge on any atom is 0.294 e. The van der Waals surface area contributed by atoms with E-state index in [1.807, 2.05) is 23.1 Å². The Balaban J connectivity index is 1.69. The molecule has 0 radical (unpaired) electrons. The number of aromatic nitrogens is 2. The van der Waals surface area contributed by atoms with Crippen molar-refractivity contribution in [2.24, 2.45) is 0 Å². The molecule has 8 heteroatoms. The molecule has 1 aromatic heterocycles. The van der Waals surface area contributed by atoms with Gasteiger partial charge in [0.1, 0.15) is 12.3 Å². The maximum atomic E-state index is 13.3. The van der Waals surface area contributed by atoms with Gasteiger partial charge in [-0.05, 0) is 49.6 Å². The largest absolute Gasteiger partial charge is 0.495 e. The lowest BCUT2D eigenvalue weighted by Crippen LogP contribution is -2.38. The van der Waals surface area contributed by atoms with Crippen molar-refractivity contribution in [2.75, 3.05) is 30.4 Å². The number of hydrogen-bond acceptors (Lipinski definition) is 5. The van der Waals surface area contributed by atoms with Gasteiger partial charge in [0.05, 0.1) is 23.8 Å². The Kier molecular flexibility index (Phi) is 5.90. The van der Waals surface area contributed by atoms with Crippen LogP contribution in [0.1, 0.15) is 19.3 Å². The Labute approximate surface area is 179 Å². The number of anilines is 2. The van der Waals surface area contributed by atoms with E-state index in [0.717, 1.165) is 32.4 Å². The third-order valence-corrected chi connectivity index (χ3v) is 5.46. The number of carbonyl (C=O) groups is 1. The fourth-order valence-corrected chi connectivity index (χ4v) is 3.93. The number of halogens is 1. The van der Waals surface area contributed by atoms with Gasteiger partial charge < -0.3 is 15.0 Å². The smallest absolute Gasteiger partial charge is 0.294 e. The minimum atomic E-state index is -0.349. The SMILES string of the molecule is COc1ccc(Cl)cc1NC(=O)Cn1c(=O)c(N2CCCCC2)nc2ccccc21. The normalized spacial score (nSPS) is 14.0. The van der Waals surface area contributed by atoms with Crippen molar-refractivity contribution in [1.82, 2.24) is 9.55 Å². The average molecular weight is 427 g/mol. The molecule has 1 aliphatic heterocycles. The summed E-state index contributed by atoms with van der Waals surface area (Å²) in [6, 6.07) is 12.3. The van der Waals surface area contributed by atoms with E-state index >= 15 is 0 Å². The predicted octanol–water partition coefficient (Wildman–Crippen LogP) is 3.69. The topological polar surface area (TPSA) is 76.5 Å². The molecule has 0 unspecified atom stereocenters. The van der Waals surface area contributed by atoms with Gasteiger partial charge in [-0.1, -0.05) is 23.7 Å². The van der Waals surface area contributed by atoms with Gasteiger partial charge in [0.25, 0.3) is 5.56 Å². The number of para-hydroxylation sites is 2. The first-order valence-corrected chi connectivity index (χ1v) is 10.3. The van der Waals surface area contributed by atoms with Crippen LogP contribution in [0.5, 0.6) is 5.75 Å². The van der Waals surface area contributed by atoms with Crippen molar-refractivity contribution in [3.8, 4) is 5.75 Å². The van der Waals surface area contributed by atoms with E-state index < -0.39 is 0 Å². The van der Waals surface area contributed by atoms with Crippen LogP contribution in [0.25, 0.3) is 11.0 Å². The quantitative estimate of drug-likeness (QED) is 0.673. The van der Waals surface area contributed by atoms with Gasteiger partial charge >= 0.3 is 0 Å². The Morgan fingerprint density at radius 1 is 1.17 bits per heavy atom. The second-order valence-electron chi connectivity index (χ2n) is 7.26.